The lowest BCUT2D eigenvalue weighted by Gasteiger charge is -2.33. The first-order chi connectivity index (χ1) is 8.74. The SMILES string of the molecule is CC(C)C(C)(CC(=O)O)NC(=O)c1cccc(I)c1. The first-order valence-electron chi connectivity index (χ1n) is 6.04. The van der Waals surface area contributed by atoms with E-state index in [1.807, 2.05) is 19.9 Å². The minimum absolute atomic E-state index is 0.0235. The van der Waals surface area contributed by atoms with Gasteiger partial charge in [0.25, 0.3) is 5.91 Å². The van der Waals surface area contributed by atoms with Crippen molar-refractivity contribution in [1.29, 1.82) is 0 Å². The number of carbonyl (C=O) groups is 2. The molecular weight excluding hydrogens is 357 g/mol. The van der Waals surface area contributed by atoms with Crippen LogP contribution in [0.25, 0.3) is 0 Å². The van der Waals surface area contributed by atoms with Gasteiger partial charge in [-0.05, 0) is 53.6 Å². The largest absolute Gasteiger partial charge is 0.481 e. The predicted octanol–water partition coefficient (Wildman–Crippen LogP) is 2.91. The molecule has 1 aromatic rings. The number of nitrogens with one attached hydrogen (secondary N) is 1. The number of hydrogen-bond acceptors (Lipinski definition) is 2. The van der Waals surface area contributed by atoms with Crippen LogP contribution in [0.2, 0.25) is 0 Å². The van der Waals surface area contributed by atoms with Crippen LogP contribution in [0.15, 0.2) is 24.3 Å². The predicted molar refractivity (Wildman–Crippen MR) is 82.1 cm³/mol. The summed E-state index contributed by atoms with van der Waals surface area (Å²) in [6, 6.07) is 7.20. The minimum atomic E-state index is -0.917. The van der Waals surface area contributed by atoms with E-state index in [2.05, 4.69) is 27.9 Å². The number of carboxylic acid groups (broad SMARTS) is 1. The quantitative estimate of drug-likeness (QED) is 0.778. The molecule has 0 heterocycles. The van der Waals surface area contributed by atoms with Crippen molar-refractivity contribution in [1.82, 2.24) is 5.32 Å². The Morgan fingerprint density at radius 3 is 2.53 bits per heavy atom. The van der Waals surface area contributed by atoms with E-state index in [-0.39, 0.29) is 18.2 Å². The highest BCUT2D eigenvalue weighted by Crippen LogP contribution is 2.21. The van der Waals surface area contributed by atoms with Crippen molar-refractivity contribution >= 4 is 34.5 Å². The van der Waals surface area contributed by atoms with Crippen molar-refractivity contribution < 1.29 is 14.7 Å². The molecule has 1 aromatic carbocycles. The van der Waals surface area contributed by atoms with Crippen LogP contribution in [0.5, 0.6) is 0 Å². The zero-order valence-electron chi connectivity index (χ0n) is 11.2. The molecule has 0 aliphatic rings. The zero-order valence-corrected chi connectivity index (χ0v) is 13.4. The number of amides is 1. The number of carboxylic acids is 1. The average molecular weight is 375 g/mol. The highest BCUT2D eigenvalue weighted by molar-refractivity contribution is 14.1. The van der Waals surface area contributed by atoms with Crippen LogP contribution in [0, 0.1) is 9.49 Å². The van der Waals surface area contributed by atoms with Crippen LogP contribution in [-0.4, -0.2) is 22.5 Å². The molecule has 0 fully saturated rings. The number of halogens is 1. The molecule has 0 aliphatic carbocycles. The maximum atomic E-state index is 12.2. The molecule has 0 saturated heterocycles. The van der Waals surface area contributed by atoms with Crippen LogP contribution in [-0.2, 0) is 4.79 Å². The van der Waals surface area contributed by atoms with Gasteiger partial charge < -0.3 is 10.4 Å². The van der Waals surface area contributed by atoms with Gasteiger partial charge in [0.2, 0.25) is 0 Å². The van der Waals surface area contributed by atoms with E-state index in [4.69, 9.17) is 5.11 Å². The lowest BCUT2D eigenvalue weighted by atomic mass is 9.85. The Labute approximate surface area is 126 Å². The van der Waals surface area contributed by atoms with Crippen molar-refractivity contribution in [2.75, 3.05) is 0 Å². The fraction of sp³-hybridized carbons (Fsp3) is 0.429. The first kappa shape index (κ1) is 15.9. The topological polar surface area (TPSA) is 66.4 Å². The second kappa shape index (κ2) is 6.36. The maximum Gasteiger partial charge on any atom is 0.305 e. The second-order valence-electron chi connectivity index (χ2n) is 5.11. The standard InChI is InChI=1S/C14H18INO3/c1-9(2)14(3,8-12(17)18)16-13(19)10-5-4-6-11(15)7-10/h4-7,9H,8H2,1-3H3,(H,16,19)(H,17,18). The summed E-state index contributed by atoms with van der Waals surface area (Å²) >= 11 is 2.14. The van der Waals surface area contributed by atoms with Gasteiger partial charge in [0.1, 0.15) is 0 Å². The van der Waals surface area contributed by atoms with Gasteiger partial charge in [-0.15, -0.1) is 0 Å². The normalized spacial score (nSPS) is 13.9. The van der Waals surface area contributed by atoms with Gasteiger partial charge in [-0.25, -0.2) is 0 Å². The number of aliphatic carboxylic acids is 1. The molecule has 1 unspecified atom stereocenters. The molecule has 2 N–H and O–H groups in total. The summed E-state index contributed by atoms with van der Waals surface area (Å²) in [4.78, 5) is 23.1. The van der Waals surface area contributed by atoms with Crippen molar-refractivity contribution in [3.63, 3.8) is 0 Å². The fourth-order valence-corrected chi connectivity index (χ4v) is 2.21. The third-order valence-electron chi connectivity index (χ3n) is 3.28. The first-order valence-corrected chi connectivity index (χ1v) is 7.12. The summed E-state index contributed by atoms with van der Waals surface area (Å²) in [6.45, 7) is 5.56. The van der Waals surface area contributed by atoms with Gasteiger partial charge in [0, 0.05) is 9.13 Å². The third-order valence-corrected chi connectivity index (χ3v) is 3.95. The van der Waals surface area contributed by atoms with E-state index >= 15 is 0 Å². The van der Waals surface area contributed by atoms with Crippen molar-refractivity contribution in [2.24, 2.45) is 5.92 Å². The van der Waals surface area contributed by atoms with Crippen LogP contribution in [0.4, 0.5) is 0 Å². The number of carbonyl (C=O) groups excluding carboxylic acids is 1. The van der Waals surface area contributed by atoms with E-state index in [0.29, 0.717) is 5.56 Å². The highest BCUT2D eigenvalue weighted by atomic mass is 127. The fourth-order valence-electron chi connectivity index (χ4n) is 1.67. The third kappa shape index (κ3) is 4.49. The molecule has 0 radical (unpaired) electrons. The molecule has 1 rings (SSSR count). The van der Waals surface area contributed by atoms with Crippen molar-refractivity contribution in [3.8, 4) is 0 Å². The summed E-state index contributed by atoms with van der Waals surface area (Å²) in [6.07, 6.45) is -0.0969. The number of benzene rings is 1. The molecule has 0 spiro atoms. The van der Waals surface area contributed by atoms with Gasteiger partial charge in [-0.2, -0.15) is 0 Å². The van der Waals surface area contributed by atoms with Gasteiger partial charge in [0.05, 0.1) is 12.0 Å². The summed E-state index contributed by atoms with van der Waals surface area (Å²) in [7, 11) is 0. The highest BCUT2D eigenvalue weighted by Gasteiger charge is 2.33. The van der Waals surface area contributed by atoms with Crippen LogP contribution < -0.4 is 5.32 Å². The van der Waals surface area contributed by atoms with Gasteiger partial charge in [0.15, 0.2) is 0 Å². The van der Waals surface area contributed by atoms with Crippen molar-refractivity contribution in [2.45, 2.75) is 32.7 Å². The Morgan fingerprint density at radius 1 is 1.42 bits per heavy atom. The Hall–Kier alpha value is -1.11. The summed E-state index contributed by atoms with van der Waals surface area (Å²) < 4.78 is 0.967. The smallest absolute Gasteiger partial charge is 0.305 e. The second-order valence-corrected chi connectivity index (χ2v) is 6.35. The Morgan fingerprint density at radius 2 is 2.05 bits per heavy atom. The van der Waals surface area contributed by atoms with E-state index in [9.17, 15) is 9.59 Å². The van der Waals surface area contributed by atoms with Crippen LogP contribution >= 0.6 is 22.6 Å². The number of hydrogen-bond donors (Lipinski definition) is 2. The Kier molecular flexibility index (Phi) is 5.34. The van der Waals surface area contributed by atoms with E-state index in [0.717, 1.165) is 3.57 Å². The Balaban J connectivity index is 2.91. The Bertz CT molecular complexity index is 487. The molecule has 5 heteroatoms. The number of rotatable bonds is 5. The monoisotopic (exact) mass is 375 g/mol. The molecule has 19 heavy (non-hydrogen) atoms. The molecule has 4 nitrogen and oxygen atoms in total. The molecule has 1 amide bonds. The van der Waals surface area contributed by atoms with Gasteiger partial charge in [-0.1, -0.05) is 19.9 Å². The van der Waals surface area contributed by atoms with E-state index in [1.54, 1.807) is 25.1 Å². The van der Waals surface area contributed by atoms with E-state index < -0.39 is 11.5 Å². The average Bonchev–Trinajstić information content (AvgIpc) is 2.27. The van der Waals surface area contributed by atoms with Crippen LogP contribution in [0.1, 0.15) is 37.6 Å². The van der Waals surface area contributed by atoms with Gasteiger partial charge >= 0.3 is 5.97 Å². The molecule has 0 aliphatic heterocycles. The zero-order chi connectivity index (χ0) is 14.6. The summed E-state index contributed by atoms with van der Waals surface area (Å²) in [5.41, 5.74) is -0.214. The molecule has 104 valence electrons. The molecule has 1 atom stereocenters. The maximum absolute atomic E-state index is 12.2. The minimum Gasteiger partial charge on any atom is -0.481 e. The summed E-state index contributed by atoms with van der Waals surface area (Å²) in [5.74, 6) is -1.13. The lowest BCUT2D eigenvalue weighted by Crippen LogP contribution is -2.51. The molecule has 0 aromatic heterocycles. The van der Waals surface area contributed by atoms with Gasteiger partial charge in [-0.3, -0.25) is 9.59 Å². The summed E-state index contributed by atoms with van der Waals surface area (Å²) in [5, 5.41) is 11.8. The lowest BCUT2D eigenvalue weighted by molar-refractivity contribution is -0.138. The molecular formula is C14H18INO3. The van der Waals surface area contributed by atoms with E-state index in [1.165, 1.54) is 0 Å². The molecule has 0 saturated carbocycles. The molecule has 0 bridgehead atoms. The van der Waals surface area contributed by atoms with Crippen molar-refractivity contribution in [3.05, 3.63) is 33.4 Å². The van der Waals surface area contributed by atoms with Crippen LogP contribution in [0.3, 0.4) is 0 Å².